The molecule has 1 aromatic carbocycles. The lowest BCUT2D eigenvalue weighted by molar-refractivity contribution is -0.274. The first-order valence-corrected chi connectivity index (χ1v) is 4.14. The first kappa shape index (κ1) is 11.4. The second-order valence-corrected chi connectivity index (χ2v) is 2.77. The van der Waals surface area contributed by atoms with Gasteiger partial charge in [-0.15, -0.1) is 13.2 Å². The topological polar surface area (TPSA) is 29.5 Å². The highest BCUT2D eigenvalue weighted by atomic mass is 19.4. The molecule has 1 rings (SSSR count). The van der Waals surface area contributed by atoms with Crippen molar-refractivity contribution < 1.29 is 23.0 Å². The zero-order valence-corrected chi connectivity index (χ0v) is 7.88. The van der Waals surface area contributed by atoms with E-state index in [1.165, 1.54) is 6.08 Å². The van der Waals surface area contributed by atoms with Gasteiger partial charge >= 0.3 is 6.36 Å². The molecule has 0 unspecified atom stereocenters. The van der Waals surface area contributed by atoms with Gasteiger partial charge in [0, 0.05) is 5.56 Å². The highest BCUT2D eigenvalue weighted by molar-refractivity contribution is 5.58. The molecule has 0 saturated heterocycles. The number of aromatic hydroxyl groups is 1. The quantitative estimate of drug-likeness (QED) is 0.824. The molecule has 0 spiro atoms. The largest absolute Gasteiger partial charge is 0.573 e. The predicted molar refractivity (Wildman–Crippen MR) is 49.5 cm³/mol. The lowest BCUT2D eigenvalue weighted by Gasteiger charge is -2.09. The van der Waals surface area contributed by atoms with E-state index in [9.17, 15) is 18.3 Å². The SMILES string of the molecule is CC=Cc1cc(OC(F)(F)F)ccc1O. The van der Waals surface area contributed by atoms with Crippen LogP contribution in [0.4, 0.5) is 13.2 Å². The summed E-state index contributed by atoms with van der Waals surface area (Å²) in [7, 11) is 0. The van der Waals surface area contributed by atoms with E-state index in [1.54, 1.807) is 13.0 Å². The maximum absolute atomic E-state index is 11.9. The molecule has 0 heterocycles. The minimum Gasteiger partial charge on any atom is -0.507 e. The van der Waals surface area contributed by atoms with Gasteiger partial charge in [0.05, 0.1) is 0 Å². The Morgan fingerprint density at radius 3 is 2.53 bits per heavy atom. The molecule has 0 amide bonds. The van der Waals surface area contributed by atoms with Crippen molar-refractivity contribution in [1.82, 2.24) is 0 Å². The minimum atomic E-state index is -4.72. The summed E-state index contributed by atoms with van der Waals surface area (Å²) < 4.78 is 39.3. The highest BCUT2D eigenvalue weighted by Crippen LogP contribution is 2.28. The number of alkyl halides is 3. The molecule has 0 aromatic heterocycles. The fourth-order valence-corrected chi connectivity index (χ4v) is 1.04. The zero-order chi connectivity index (χ0) is 11.5. The van der Waals surface area contributed by atoms with E-state index < -0.39 is 6.36 Å². The first-order chi connectivity index (χ1) is 6.92. The van der Waals surface area contributed by atoms with Gasteiger partial charge in [0.25, 0.3) is 0 Å². The maximum Gasteiger partial charge on any atom is 0.573 e. The number of ether oxygens (including phenoxy) is 1. The maximum atomic E-state index is 11.9. The molecule has 1 aromatic rings. The summed E-state index contributed by atoms with van der Waals surface area (Å²) in [5.74, 6) is -0.448. The Balaban J connectivity index is 2.97. The van der Waals surface area contributed by atoms with Crippen molar-refractivity contribution in [2.24, 2.45) is 0 Å². The third-order valence-electron chi connectivity index (χ3n) is 1.58. The number of rotatable bonds is 2. The molecule has 2 nitrogen and oxygen atoms in total. The Hall–Kier alpha value is -1.65. The molecule has 0 aliphatic carbocycles. The lowest BCUT2D eigenvalue weighted by atomic mass is 10.2. The van der Waals surface area contributed by atoms with Gasteiger partial charge in [-0.25, -0.2) is 0 Å². The first-order valence-electron chi connectivity index (χ1n) is 4.14. The van der Waals surface area contributed by atoms with Gasteiger partial charge in [-0.3, -0.25) is 0 Å². The van der Waals surface area contributed by atoms with Crippen molar-refractivity contribution in [2.75, 3.05) is 0 Å². The van der Waals surface area contributed by atoms with Crippen LogP contribution in [0, 0.1) is 0 Å². The second kappa shape index (κ2) is 4.25. The lowest BCUT2D eigenvalue weighted by Crippen LogP contribution is -2.17. The molecule has 1 N–H and O–H groups in total. The average Bonchev–Trinajstić information content (AvgIpc) is 2.09. The zero-order valence-electron chi connectivity index (χ0n) is 7.88. The fraction of sp³-hybridized carbons (Fsp3) is 0.200. The van der Waals surface area contributed by atoms with E-state index in [2.05, 4.69) is 4.74 Å². The standard InChI is InChI=1S/C10H9F3O2/c1-2-3-7-6-8(4-5-9(7)14)15-10(11,12)13/h2-6,14H,1H3. The molecule has 5 heteroatoms. The third-order valence-corrected chi connectivity index (χ3v) is 1.58. The number of phenols is 1. The summed E-state index contributed by atoms with van der Waals surface area (Å²) in [6.45, 7) is 1.69. The molecule has 0 radical (unpaired) electrons. The number of allylic oxidation sites excluding steroid dienone is 1. The highest BCUT2D eigenvalue weighted by Gasteiger charge is 2.31. The van der Waals surface area contributed by atoms with Crippen LogP contribution < -0.4 is 4.74 Å². The van der Waals surface area contributed by atoms with E-state index in [4.69, 9.17) is 0 Å². The number of hydrogen-bond acceptors (Lipinski definition) is 2. The summed E-state index contributed by atoms with van der Waals surface area (Å²) in [6.07, 6.45) is -1.63. The molecule has 0 aliphatic heterocycles. The summed E-state index contributed by atoms with van der Waals surface area (Å²) in [5.41, 5.74) is 0.277. The Morgan fingerprint density at radius 2 is 2.00 bits per heavy atom. The average molecular weight is 218 g/mol. The van der Waals surface area contributed by atoms with Gasteiger partial charge in [0.2, 0.25) is 0 Å². The molecule has 82 valence electrons. The summed E-state index contributed by atoms with van der Waals surface area (Å²) in [4.78, 5) is 0. The van der Waals surface area contributed by atoms with E-state index in [1.807, 2.05) is 0 Å². The van der Waals surface area contributed by atoms with Gasteiger partial charge in [-0.05, 0) is 25.1 Å². The van der Waals surface area contributed by atoms with Crippen molar-refractivity contribution in [1.29, 1.82) is 0 Å². The number of phenolic OH excluding ortho intramolecular Hbond substituents is 1. The van der Waals surface area contributed by atoms with Crippen LogP contribution in [0.15, 0.2) is 24.3 Å². The van der Waals surface area contributed by atoms with E-state index in [-0.39, 0.29) is 17.1 Å². The molecule has 0 saturated carbocycles. The van der Waals surface area contributed by atoms with Crippen LogP contribution in [-0.2, 0) is 0 Å². The fourth-order valence-electron chi connectivity index (χ4n) is 1.04. The van der Waals surface area contributed by atoms with Crippen molar-refractivity contribution >= 4 is 6.08 Å². The Morgan fingerprint density at radius 1 is 1.33 bits per heavy atom. The normalized spacial score (nSPS) is 12.0. The summed E-state index contributed by atoms with van der Waals surface area (Å²) in [5, 5.41) is 9.28. The van der Waals surface area contributed by atoms with Crippen LogP contribution in [0.2, 0.25) is 0 Å². The Labute approximate surface area is 84.6 Å². The van der Waals surface area contributed by atoms with Gasteiger partial charge in [0.1, 0.15) is 11.5 Å². The molecule has 0 aliphatic rings. The number of halogens is 3. The third kappa shape index (κ3) is 3.53. The van der Waals surface area contributed by atoms with Crippen LogP contribution in [0.3, 0.4) is 0 Å². The van der Waals surface area contributed by atoms with Crippen LogP contribution >= 0.6 is 0 Å². The van der Waals surface area contributed by atoms with Gasteiger partial charge in [-0.2, -0.15) is 0 Å². The molecule has 0 bridgehead atoms. The van der Waals surface area contributed by atoms with Crippen molar-refractivity contribution in [3.05, 3.63) is 29.8 Å². The Kier molecular flexibility index (Phi) is 3.24. The monoisotopic (exact) mass is 218 g/mol. The van der Waals surface area contributed by atoms with Crippen molar-refractivity contribution in [3.8, 4) is 11.5 Å². The van der Waals surface area contributed by atoms with E-state index in [0.717, 1.165) is 18.2 Å². The van der Waals surface area contributed by atoms with Crippen LogP contribution in [0.1, 0.15) is 12.5 Å². The van der Waals surface area contributed by atoms with Gasteiger partial charge in [-0.1, -0.05) is 12.2 Å². The van der Waals surface area contributed by atoms with Crippen LogP contribution in [-0.4, -0.2) is 11.5 Å². The van der Waals surface area contributed by atoms with E-state index >= 15 is 0 Å². The van der Waals surface area contributed by atoms with Crippen molar-refractivity contribution in [2.45, 2.75) is 13.3 Å². The summed E-state index contributed by atoms with van der Waals surface area (Å²) in [6, 6.07) is 3.31. The molecular formula is C10H9F3O2. The summed E-state index contributed by atoms with van der Waals surface area (Å²) >= 11 is 0. The Bertz CT molecular complexity index is 369. The van der Waals surface area contributed by atoms with Gasteiger partial charge in [0.15, 0.2) is 0 Å². The number of benzene rings is 1. The second-order valence-electron chi connectivity index (χ2n) is 2.77. The molecule has 0 fully saturated rings. The molecular weight excluding hydrogens is 209 g/mol. The number of hydrogen-bond donors (Lipinski definition) is 1. The van der Waals surface area contributed by atoms with E-state index in [0.29, 0.717) is 0 Å². The van der Waals surface area contributed by atoms with Gasteiger partial charge < -0.3 is 9.84 Å². The molecule has 15 heavy (non-hydrogen) atoms. The molecule has 0 atom stereocenters. The minimum absolute atomic E-state index is 0.0948. The van der Waals surface area contributed by atoms with Crippen LogP contribution in [0.25, 0.3) is 6.08 Å². The van der Waals surface area contributed by atoms with Crippen molar-refractivity contribution in [3.63, 3.8) is 0 Å². The predicted octanol–water partition coefficient (Wildman–Crippen LogP) is 3.32. The van der Waals surface area contributed by atoms with Crippen LogP contribution in [0.5, 0.6) is 11.5 Å². The smallest absolute Gasteiger partial charge is 0.507 e.